The first-order chi connectivity index (χ1) is 11.7. The summed E-state index contributed by atoms with van der Waals surface area (Å²) in [5.74, 6) is 1.09. The van der Waals surface area contributed by atoms with Crippen LogP contribution in [-0.4, -0.2) is 46.3 Å². The summed E-state index contributed by atoms with van der Waals surface area (Å²) in [5, 5.41) is 3.00. The van der Waals surface area contributed by atoms with E-state index in [2.05, 4.69) is 15.3 Å². The Balaban J connectivity index is 1.43. The number of aromatic amines is 1. The number of hydrogen-bond acceptors (Lipinski definition) is 3. The van der Waals surface area contributed by atoms with Crippen molar-refractivity contribution in [1.82, 2.24) is 20.2 Å². The number of nitrogens with one attached hydrogen (secondary N) is 2. The lowest BCUT2D eigenvalue weighted by atomic mass is 9.96. The van der Waals surface area contributed by atoms with E-state index in [9.17, 15) is 9.59 Å². The average molecular weight is 328 g/mol. The first kappa shape index (κ1) is 16.5. The van der Waals surface area contributed by atoms with Gasteiger partial charge in [0.2, 0.25) is 11.8 Å². The van der Waals surface area contributed by atoms with E-state index in [1.165, 1.54) is 0 Å². The van der Waals surface area contributed by atoms with Gasteiger partial charge < -0.3 is 15.2 Å². The van der Waals surface area contributed by atoms with Crippen LogP contribution in [-0.2, 0) is 16.0 Å². The second-order valence-electron chi connectivity index (χ2n) is 6.26. The molecule has 1 aliphatic heterocycles. The Bertz CT molecular complexity index is 692. The third kappa shape index (κ3) is 3.75. The molecule has 0 saturated carbocycles. The monoisotopic (exact) mass is 328 g/mol. The van der Waals surface area contributed by atoms with Crippen LogP contribution in [0.25, 0.3) is 11.0 Å². The molecule has 1 fully saturated rings. The van der Waals surface area contributed by atoms with E-state index in [0.717, 1.165) is 29.7 Å². The summed E-state index contributed by atoms with van der Waals surface area (Å²) < 4.78 is 0. The number of carbonyl (C=O) groups excluding carboxylic acids is 2. The van der Waals surface area contributed by atoms with Crippen LogP contribution in [0.2, 0.25) is 0 Å². The van der Waals surface area contributed by atoms with E-state index in [1.54, 1.807) is 4.90 Å². The van der Waals surface area contributed by atoms with E-state index in [1.807, 2.05) is 31.2 Å². The van der Waals surface area contributed by atoms with E-state index in [4.69, 9.17) is 0 Å². The van der Waals surface area contributed by atoms with Gasteiger partial charge in [-0.05, 0) is 31.9 Å². The molecule has 24 heavy (non-hydrogen) atoms. The summed E-state index contributed by atoms with van der Waals surface area (Å²) in [5.41, 5.74) is 2.02. The molecule has 1 aromatic heterocycles. The summed E-state index contributed by atoms with van der Waals surface area (Å²) in [6.45, 7) is 3.80. The van der Waals surface area contributed by atoms with Crippen molar-refractivity contribution in [2.24, 2.45) is 5.92 Å². The first-order valence-electron chi connectivity index (χ1n) is 8.66. The van der Waals surface area contributed by atoms with Crippen LogP contribution < -0.4 is 5.32 Å². The van der Waals surface area contributed by atoms with Gasteiger partial charge in [-0.3, -0.25) is 9.59 Å². The van der Waals surface area contributed by atoms with E-state index < -0.39 is 0 Å². The van der Waals surface area contributed by atoms with Gasteiger partial charge in [0.05, 0.1) is 17.0 Å². The van der Waals surface area contributed by atoms with Crippen molar-refractivity contribution in [3.63, 3.8) is 0 Å². The minimum absolute atomic E-state index is 0.0607. The molecule has 2 aromatic rings. The first-order valence-corrected chi connectivity index (χ1v) is 8.66. The number of hydrogen-bond donors (Lipinski definition) is 2. The number of aromatic nitrogens is 2. The number of H-pyrrole nitrogens is 1. The number of amides is 2. The van der Waals surface area contributed by atoms with Crippen LogP contribution in [0, 0.1) is 5.92 Å². The Kier molecular flexibility index (Phi) is 5.13. The Morgan fingerprint density at radius 2 is 2.25 bits per heavy atom. The van der Waals surface area contributed by atoms with Crippen LogP contribution >= 0.6 is 0 Å². The normalized spacial score (nSPS) is 18.1. The summed E-state index contributed by atoms with van der Waals surface area (Å²) >= 11 is 0. The summed E-state index contributed by atoms with van der Waals surface area (Å²) in [4.78, 5) is 33.5. The number of imidazole rings is 1. The highest BCUT2D eigenvalue weighted by molar-refractivity contribution is 5.83. The zero-order valence-corrected chi connectivity index (χ0v) is 14.0. The fourth-order valence-corrected chi connectivity index (χ4v) is 3.17. The highest BCUT2D eigenvalue weighted by Crippen LogP contribution is 2.17. The molecule has 1 aromatic carbocycles. The molecule has 1 aliphatic rings. The van der Waals surface area contributed by atoms with Crippen LogP contribution in [0.5, 0.6) is 0 Å². The Morgan fingerprint density at radius 1 is 1.42 bits per heavy atom. The fourth-order valence-electron chi connectivity index (χ4n) is 3.17. The molecule has 0 radical (unpaired) electrons. The zero-order valence-electron chi connectivity index (χ0n) is 14.0. The molecule has 6 heteroatoms. The molecule has 6 nitrogen and oxygen atoms in total. The number of fused-ring (bicyclic) bond motifs is 1. The maximum atomic E-state index is 12.2. The maximum absolute atomic E-state index is 12.2. The predicted octanol–water partition coefficient (Wildman–Crippen LogP) is 1.87. The van der Waals surface area contributed by atoms with Crippen molar-refractivity contribution in [1.29, 1.82) is 0 Å². The number of likely N-dealkylation sites (tertiary alicyclic amines) is 1. The molecule has 2 amide bonds. The van der Waals surface area contributed by atoms with Gasteiger partial charge in [-0.15, -0.1) is 0 Å². The van der Waals surface area contributed by atoms with E-state index in [-0.39, 0.29) is 17.7 Å². The molecule has 2 N–H and O–H groups in total. The zero-order chi connectivity index (χ0) is 16.9. The van der Waals surface area contributed by atoms with Gasteiger partial charge in [-0.2, -0.15) is 0 Å². The lowest BCUT2D eigenvalue weighted by Crippen LogP contribution is -2.45. The standard InChI is InChI=1S/C18H24N4O2/c1-2-22-12-13(9-10-17(22)23)18(24)19-11-5-8-16-20-14-6-3-4-7-15(14)21-16/h3-4,6-7,13H,2,5,8-12H2,1H3,(H,19,24)(H,20,21)/t13-/m1/s1. The Labute approximate surface area is 141 Å². The quantitative estimate of drug-likeness (QED) is 0.795. The molecule has 128 valence electrons. The molecular formula is C18H24N4O2. The molecule has 2 heterocycles. The molecular weight excluding hydrogens is 304 g/mol. The molecule has 0 spiro atoms. The second-order valence-corrected chi connectivity index (χ2v) is 6.26. The minimum atomic E-state index is -0.0751. The number of benzene rings is 1. The largest absolute Gasteiger partial charge is 0.356 e. The van der Waals surface area contributed by atoms with Crippen molar-refractivity contribution in [2.75, 3.05) is 19.6 Å². The number of rotatable bonds is 6. The van der Waals surface area contributed by atoms with Gasteiger partial charge in [-0.1, -0.05) is 12.1 Å². The highest BCUT2D eigenvalue weighted by Gasteiger charge is 2.28. The maximum Gasteiger partial charge on any atom is 0.224 e. The van der Waals surface area contributed by atoms with Crippen molar-refractivity contribution >= 4 is 22.8 Å². The van der Waals surface area contributed by atoms with Gasteiger partial charge in [-0.25, -0.2) is 4.98 Å². The SMILES string of the molecule is CCN1C[C@H](C(=O)NCCCc2nc3ccccc3[nH]2)CCC1=O. The van der Waals surface area contributed by atoms with Gasteiger partial charge >= 0.3 is 0 Å². The Hall–Kier alpha value is -2.37. The minimum Gasteiger partial charge on any atom is -0.356 e. The van der Waals surface area contributed by atoms with Gasteiger partial charge in [0.25, 0.3) is 0 Å². The molecule has 0 bridgehead atoms. The van der Waals surface area contributed by atoms with E-state index in [0.29, 0.717) is 32.5 Å². The van der Waals surface area contributed by atoms with Crippen LogP contribution in [0.1, 0.15) is 32.0 Å². The number of piperidine rings is 1. The van der Waals surface area contributed by atoms with Gasteiger partial charge in [0.15, 0.2) is 0 Å². The predicted molar refractivity (Wildman–Crippen MR) is 92.4 cm³/mol. The van der Waals surface area contributed by atoms with E-state index >= 15 is 0 Å². The topological polar surface area (TPSA) is 78.1 Å². The lowest BCUT2D eigenvalue weighted by molar-refractivity contribution is -0.138. The summed E-state index contributed by atoms with van der Waals surface area (Å²) in [6, 6.07) is 7.96. The lowest BCUT2D eigenvalue weighted by Gasteiger charge is -2.31. The van der Waals surface area contributed by atoms with Gasteiger partial charge in [0.1, 0.15) is 5.82 Å². The summed E-state index contributed by atoms with van der Waals surface area (Å²) in [7, 11) is 0. The highest BCUT2D eigenvalue weighted by atomic mass is 16.2. The van der Waals surface area contributed by atoms with Crippen molar-refractivity contribution in [3.05, 3.63) is 30.1 Å². The molecule has 0 aliphatic carbocycles. The summed E-state index contributed by atoms with van der Waals surface area (Å²) in [6.07, 6.45) is 2.78. The third-order valence-corrected chi connectivity index (χ3v) is 4.58. The molecule has 1 saturated heterocycles. The van der Waals surface area contributed by atoms with Crippen molar-refractivity contribution < 1.29 is 9.59 Å². The van der Waals surface area contributed by atoms with Crippen LogP contribution in [0.4, 0.5) is 0 Å². The van der Waals surface area contributed by atoms with Gasteiger partial charge in [0, 0.05) is 32.5 Å². The second kappa shape index (κ2) is 7.47. The van der Waals surface area contributed by atoms with Crippen molar-refractivity contribution in [2.45, 2.75) is 32.6 Å². The number of nitrogens with zero attached hydrogens (tertiary/aromatic N) is 2. The van der Waals surface area contributed by atoms with Crippen LogP contribution in [0.3, 0.4) is 0 Å². The smallest absolute Gasteiger partial charge is 0.224 e. The number of carbonyl (C=O) groups is 2. The fraction of sp³-hybridized carbons (Fsp3) is 0.500. The third-order valence-electron chi connectivity index (χ3n) is 4.58. The molecule has 1 atom stereocenters. The number of aryl methyl sites for hydroxylation is 1. The van der Waals surface area contributed by atoms with Crippen molar-refractivity contribution in [3.8, 4) is 0 Å². The molecule has 3 rings (SSSR count). The average Bonchev–Trinajstić information content (AvgIpc) is 3.01. The molecule has 0 unspecified atom stereocenters. The Morgan fingerprint density at radius 3 is 3.04 bits per heavy atom. The number of para-hydroxylation sites is 2. The van der Waals surface area contributed by atoms with Crippen LogP contribution in [0.15, 0.2) is 24.3 Å².